The van der Waals surface area contributed by atoms with Crippen LogP contribution in [0.15, 0.2) is 59.5 Å². The predicted octanol–water partition coefficient (Wildman–Crippen LogP) is 5.98. The molecule has 3 aromatic rings. The molecule has 0 aromatic heterocycles. The lowest BCUT2D eigenvalue weighted by Gasteiger charge is -2.14. The number of anilines is 1. The fourth-order valence-corrected chi connectivity index (χ4v) is 5.18. The molecule has 2 aliphatic rings. The Morgan fingerprint density at radius 1 is 1.08 bits per heavy atom. The molecule has 5 rings (SSSR count). The Morgan fingerprint density at radius 2 is 1.82 bits per heavy atom. The van der Waals surface area contributed by atoms with Gasteiger partial charge in [-0.05, 0) is 59.3 Å². The van der Waals surface area contributed by atoms with Crippen LogP contribution < -0.4 is 24.3 Å². The number of nitrogens with zero attached hydrogens (tertiary/aromatic N) is 1. The molecular weight excluding hydrogens is 567 g/mol. The Kier molecular flexibility index (Phi) is 7.87. The van der Waals surface area contributed by atoms with Crippen LogP contribution in [-0.4, -0.2) is 42.5 Å². The highest BCUT2D eigenvalue weighted by Crippen LogP contribution is 2.41. The van der Waals surface area contributed by atoms with Crippen molar-refractivity contribution in [2.24, 2.45) is 0 Å². The van der Waals surface area contributed by atoms with Crippen LogP contribution in [0.1, 0.15) is 11.1 Å². The fourth-order valence-electron chi connectivity index (χ4n) is 3.86. The first-order valence-electron chi connectivity index (χ1n) is 11.5. The van der Waals surface area contributed by atoms with E-state index in [2.05, 4.69) is 5.32 Å². The maximum absolute atomic E-state index is 13.1. The van der Waals surface area contributed by atoms with Gasteiger partial charge in [0, 0.05) is 16.8 Å². The Morgan fingerprint density at radius 3 is 2.56 bits per heavy atom. The van der Waals surface area contributed by atoms with Crippen molar-refractivity contribution < 1.29 is 33.3 Å². The van der Waals surface area contributed by atoms with Gasteiger partial charge in [0.1, 0.15) is 0 Å². The molecule has 1 saturated heterocycles. The molecule has 3 aromatic carbocycles. The highest BCUT2D eigenvalue weighted by atomic mass is 35.5. The maximum atomic E-state index is 13.1. The van der Waals surface area contributed by atoms with Crippen LogP contribution in [0.5, 0.6) is 23.0 Å². The van der Waals surface area contributed by atoms with Gasteiger partial charge in [0.25, 0.3) is 17.1 Å². The van der Waals surface area contributed by atoms with Gasteiger partial charge >= 0.3 is 0 Å². The molecule has 0 unspecified atom stereocenters. The minimum atomic E-state index is -0.480. The monoisotopic (exact) mass is 586 g/mol. The summed E-state index contributed by atoms with van der Waals surface area (Å²) in [5.74, 6) is 0.579. The lowest BCUT2D eigenvalue weighted by atomic mass is 10.1. The Hall–Kier alpha value is -3.86. The summed E-state index contributed by atoms with van der Waals surface area (Å²) in [4.78, 5) is 39.3. The molecule has 0 saturated carbocycles. The first kappa shape index (κ1) is 26.7. The number of fused-ring (bicyclic) bond motifs is 1. The second-order valence-corrected chi connectivity index (χ2v) is 10.1. The van der Waals surface area contributed by atoms with Crippen molar-refractivity contribution >= 4 is 63.8 Å². The van der Waals surface area contributed by atoms with Gasteiger partial charge in [-0.25, -0.2) is 0 Å². The summed E-state index contributed by atoms with van der Waals surface area (Å²) < 4.78 is 21.7. The van der Waals surface area contributed by atoms with Gasteiger partial charge in [0.05, 0.1) is 23.6 Å². The van der Waals surface area contributed by atoms with Crippen LogP contribution in [0.4, 0.5) is 10.5 Å². The van der Waals surface area contributed by atoms with Crippen molar-refractivity contribution in [3.8, 4) is 23.0 Å². The van der Waals surface area contributed by atoms with E-state index in [1.54, 1.807) is 48.5 Å². The molecule has 1 fully saturated rings. The largest absolute Gasteiger partial charge is 0.493 e. The third-order valence-electron chi connectivity index (χ3n) is 5.70. The van der Waals surface area contributed by atoms with Crippen LogP contribution in [0.3, 0.4) is 0 Å². The minimum Gasteiger partial charge on any atom is -0.493 e. The highest BCUT2D eigenvalue weighted by molar-refractivity contribution is 8.18. The van der Waals surface area contributed by atoms with Gasteiger partial charge in [-0.15, -0.1) is 0 Å². The van der Waals surface area contributed by atoms with Crippen LogP contribution >= 0.6 is 35.0 Å². The normalized spacial score (nSPS) is 15.2. The van der Waals surface area contributed by atoms with Crippen molar-refractivity contribution in [1.82, 2.24) is 4.90 Å². The van der Waals surface area contributed by atoms with Gasteiger partial charge < -0.3 is 24.3 Å². The number of halogens is 2. The van der Waals surface area contributed by atoms with Gasteiger partial charge in [0.15, 0.2) is 29.6 Å². The van der Waals surface area contributed by atoms with E-state index in [1.165, 1.54) is 13.2 Å². The van der Waals surface area contributed by atoms with Crippen LogP contribution in [0.2, 0.25) is 10.0 Å². The third kappa shape index (κ3) is 5.93. The fraction of sp³-hybridized carbons (Fsp3) is 0.148. The Labute approximate surface area is 237 Å². The number of para-hydroxylation sites is 1. The topological polar surface area (TPSA) is 103 Å². The van der Waals surface area contributed by atoms with Gasteiger partial charge in [0.2, 0.25) is 6.79 Å². The van der Waals surface area contributed by atoms with E-state index >= 15 is 0 Å². The molecule has 0 bridgehead atoms. The van der Waals surface area contributed by atoms with E-state index < -0.39 is 11.1 Å². The van der Waals surface area contributed by atoms with Crippen molar-refractivity contribution in [1.29, 1.82) is 0 Å². The summed E-state index contributed by atoms with van der Waals surface area (Å²) in [7, 11) is 1.43. The third-order valence-corrected chi connectivity index (χ3v) is 7.24. The summed E-state index contributed by atoms with van der Waals surface area (Å²) in [5, 5.41) is 2.80. The Balaban J connectivity index is 1.29. The van der Waals surface area contributed by atoms with Gasteiger partial charge in [-0.3, -0.25) is 19.3 Å². The zero-order valence-corrected chi connectivity index (χ0v) is 22.7. The SMILES string of the molecule is COc1cc(/C=C2\SC(=O)N(Cc3cc4c(cc3Cl)OCO4)C2=O)cc(Cl)c1OCC(=O)Nc1ccccc1. The molecule has 39 heavy (non-hydrogen) atoms. The molecular formula is C27H20Cl2N2O7S. The zero-order chi connectivity index (χ0) is 27.5. The first-order valence-corrected chi connectivity index (χ1v) is 13.1. The molecule has 0 radical (unpaired) electrons. The van der Waals surface area contributed by atoms with E-state index in [1.807, 2.05) is 6.07 Å². The number of hydrogen-bond donors (Lipinski definition) is 1. The lowest BCUT2D eigenvalue weighted by Crippen LogP contribution is -2.27. The second-order valence-electron chi connectivity index (χ2n) is 8.30. The molecule has 2 heterocycles. The van der Waals surface area contributed by atoms with E-state index in [9.17, 15) is 14.4 Å². The molecule has 2 aliphatic heterocycles. The predicted molar refractivity (Wildman–Crippen MR) is 148 cm³/mol. The summed E-state index contributed by atoms with van der Waals surface area (Å²) in [6, 6.07) is 15.4. The van der Waals surface area contributed by atoms with Crippen molar-refractivity contribution in [3.63, 3.8) is 0 Å². The number of nitrogens with one attached hydrogen (secondary N) is 1. The molecule has 0 aliphatic carbocycles. The molecule has 1 N–H and O–H groups in total. The number of carbonyl (C=O) groups excluding carboxylic acids is 3. The van der Waals surface area contributed by atoms with E-state index in [0.29, 0.717) is 33.3 Å². The van der Waals surface area contributed by atoms with Gasteiger partial charge in [-0.1, -0.05) is 41.4 Å². The molecule has 200 valence electrons. The number of imide groups is 1. The zero-order valence-electron chi connectivity index (χ0n) is 20.4. The van der Waals surface area contributed by atoms with E-state index in [-0.39, 0.29) is 47.3 Å². The Bertz CT molecular complexity index is 1500. The smallest absolute Gasteiger partial charge is 0.293 e. The first-order chi connectivity index (χ1) is 18.8. The van der Waals surface area contributed by atoms with Crippen LogP contribution in [0.25, 0.3) is 6.08 Å². The molecule has 12 heteroatoms. The quantitative estimate of drug-likeness (QED) is 0.321. The standard InChI is InChI=1S/C27H20Cl2N2O7S/c1-35-22-8-15(7-19(29)25(22)36-13-24(32)30-17-5-3-2-4-6-17)9-23-26(33)31(27(34)39-23)12-16-10-20-21(11-18(16)28)38-14-37-20/h2-11H,12-14H2,1H3,(H,30,32)/b23-9-. The van der Waals surface area contributed by atoms with Gasteiger partial charge in [-0.2, -0.15) is 0 Å². The number of methoxy groups -OCH3 is 1. The summed E-state index contributed by atoms with van der Waals surface area (Å²) in [5.41, 5.74) is 1.69. The number of benzene rings is 3. The molecule has 0 spiro atoms. The number of rotatable bonds is 8. The average molecular weight is 587 g/mol. The highest BCUT2D eigenvalue weighted by Gasteiger charge is 2.36. The molecule has 3 amide bonds. The molecule has 9 nitrogen and oxygen atoms in total. The van der Waals surface area contributed by atoms with Crippen molar-refractivity contribution in [2.75, 3.05) is 25.8 Å². The maximum Gasteiger partial charge on any atom is 0.293 e. The minimum absolute atomic E-state index is 0.0284. The van der Waals surface area contributed by atoms with Crippen LogP contribution in [-0.2, 0) is 16.1 Å². The number of ether oxygens (including phenoxy) is 4. The van der Waals surface area contributed by atoms with Crippen LogP contribution in [0, 0.1) is 0 Å². The number of amides is 3. The van der Waals surface area contributed by atoms with E-state index in [0.717, 1.165) is 16.7 Å². The van der Waals surface area contributed by atoms with E-state index in [4.69, 9.17) is 42.1 Å². The summed E-state index contributed by atoms with van der Waals surface area (Å²) in [6.07, 6.45) is 1.53. The van der Waals surface area contributed by atoms with Crippen molar-refractivity contribution in [2.45, 2.75) is 6.54 Å². The second kappa shape index (κ2) is 11.5. The number of hydrogen-bond acceptors (Lipinski definition) is 8. The van der Waals surface area contributed by atoms with Crippen molar-refractivity contribution in [3.05, 3.63) is 80.7 Å². The number of thioether (sulfide) groups is 1. The summed E-state index contributed by atoms with van der Waals surface area (Å²) in [6.45, 7) is -0.249. The lowest BCUT2D eigenvalue weighted by molar-refractivity contribution is -0.123. The molecule has 0 atom stereocenters. The summed E-state index contributed by atoms with van der Waals surface area (Å²) >= 11 is 13.6. The average Bonchev–Trinajstić information content (AvgIpc) is 3.47. The number of carbonyl (C=O) groups is 3.